The Hall–Kier alpha value is -2.68. The maximum atomic E-state index is 13.9. The fourth-order valence-electron chi connectivity index (χ4n) is 6.19. The number of carbonyl (C=O) groups excluding carboxylic acids is 1. The summed E-state index contributed by atoms with van der Waals surface area (Å²) in [5.74, 6) is 0.963. The van der Waals surface area contributed by atoms with Crippen LogP contribution in [0.2, 0.25) is 0 Å². The Morgan fingerprint density at radius 3 is 2.45 bits per heavy atom. The predicted molar refractivity (Wildman–Crippen MR) is 116 cm³/mol. The summed E-state index contributed by atoms with van der Waals surface area (Å²) in [5.41, 5.74) is 2.17. The van der Waals surface area contributed by atoms with Crippen LogP contribution in [0.3, 0.4) is 0 Å². The molecule has 2 aliphatic carbocycles. The third-order valence-electron chi connectivity index (χ3n) is 7.85. The van der Waals surface area contributed by atoms with Gasteiger partial charge in [-0.05, 0) is 41.4 Å². The minimum Gasteiger partial charge on any atom is -0.268 e. The van der Waals surface area contributed by atoms with Crippen LogP contribution in [-0.2, 0) is 11.3 Å². The quantitative estimate of drug-likeness (QED) is 0.684. The molecule has 0 N–H and O–H groups in total. The summed E-state index contributed by atoms with van der Waals surface area (Å²) in [6.45, 7) is 5.29. The van der Waals surface area contributed by atoms with Gasteiger partial charge in [-0.1, -0.05) is 74.5 Å². The molecule has 1 heterocycles. The number of fused-ring (bicyclic) bond motifs is 1. The first-order valence-electron chi connectivity index (χ1n) is 10.7. The van der Waals surface area contributed by atoms with E-state index in [1.807, 2.05) is 41.4 Å². The second kappa shape index (κ2) is 6.69. The highest BCUT2D eigenvalue weighted by Crippen LogP contribution is 2.69. The molecule has 3 fully saturated rings. The highest BCUT2D eigenvalue weighted by atomic mass is 16.2. The summed E-state index contributed by atoms with van der Waals surface area (Å²) < 4.78 is 2.26. The Labute approximate surface area is 173 Å². The molecule has 0 unspecified atom stereocenters. The molecule has 0 radical (unpaired) electrons. The molecule has 1 saturated heterocycles. The first-order valence-corrected chi connectivity index (χ1v) is 10.7. The first kappa shape index (κ1) is 18.4. The molecule has 1 aliphatic heterocycles. The molecule has 5 rings (SSSR count). The summed E-state index contributed by atoms with van der Waals surface area (Å²) in [6, 6.07) is 21.0. The summed E-state index contributed by atoms with van der Waals surface area (Å²) in [4.78, 5) is 13.9. The Balaban J connectivity index is 1.53. The SMILES string of the molecule is CC1(C)[C@@H]2CC[C@]13C(=O)N(Cc1ccccc1)/[N+](=C/C=C/c1ccccc1)[C@@H]3C2. The molecule has 2 aromatic rings. The van der Waals surface area contributed by atoms with Crippen LogP contribution in [0, 0.1) is 16.7 Å². The molecule has 3 atom stereocenters. The Morgan fingerprint density at radius 1 is 1.07 bits per heavy atom. The van der Waals surface area contributed by atoms with Gasteiger partial charge >= 0.3 is 0 Å². The molecule has 3 aliphatic rings. The lowest BCUT2D eigenvalue weighted by molar-refractivity contribution is -0.687. The van der Waals surface area contributed by atoms with Gasteiger partial charge < -0.3 is 0 Å². The number of benzene rings is 2. The van der Waals surface area contributed by atoms with Gasteiger partial charge in [-0.25, -0.2) is 0 Å². The number of hydrogen-bond donors (Lipinski definition) is 0. The molecule has 2 bridgehead atoms. The van der Waals surface area contributed by atoms with Gasteiger partial charge in [0, 0.05) is 12.5 Å². The third-order valence-corrected chi connectivity index (χ3v) is 7.85. The molecule has 3 nitrogen and oxygen atoms in total. The molecule has 2 saturated carbocycles. The van der Waals surface area contributed by atoms with E-state index in [4.69, 9.17) is 0 Å². The number of allylic oxidation sites excluding steroid dienone is 1. The monoisotopic (exact) mass is 385 g/mol. The van der Waals surface area contributed by atoms with Crippen molar-refractivity contribution in [3.05, 3.63) is 77.9 Å². The molecule has 1 spiro atoms. The molecule has 1 amide bonds. The predicted octanol–water partition coefficient (Wildman–Crippen LogP) is 4.94. The first-order chi connectivity index (χ1) is 14.0. The lowest BCUT2D eigenvalue weighted by Gasteiger charge is -2.31. The fourth-order valence-corrected chi connectivity index (χ4v) is 6.19. The zero-order chi connectivity index (χ0) is 20.1. The van der Waals surface area contributed by atoms with E-state index in [1.54, 1.807) is 0 Å². The molecule has 148 valence electrons. The van der Waals surface area contributed by atoms with E-state index < -0.39 is 0 Å². The summed E-state index contributed by atoms with van der Waals surface area (Å²) >= 11 is 0. The number of hydrazine groups is 1. The summed E-state index contributed by atoms with van der Waals surface area (Å²) in [5, 5.41) is 2.01. The number of carbonyl (C=O) groups is 1. The zero-order valence-corrected chi connectivity index (χ0v) is 17.3. The second-order valence-electron chi connectivity index (χ2n) is 9.33. The topological polar surface area (TPSA) is 23.3 Å². The maximum Gasteiger partial charge on any atom is 0.291 e. The number of hydrogen-bond acceptors (Lipinski definition) is 1. The smallest absolute Gasteiger partial charge is 0.268 e. The van der Waals surface area contributed by atoms with Crippen LogP contribution in [0.5, 0.6) is 0 Å². The highest BCUT2D eigenvalue weighted by Gasteiger charge is 2.78. The van der Waals surface area contributed by atoms with E-state index in [9.17, 15) is 4.79 Å². The largest absolute Gasteiger partial charge is 0.291 e. The van der Waals surface area contributed by atoms with Crippen molar-refractivity contribution in [1.29, 1.82) is 0 Å². The molecule has 2 aromatic carbocycles. The summed E-state index contributed by atoms with van der Waals surface area (Å²) in [6.07, 6.45) is 9.66. The van der Waals surface area contributed by atoms with Crippen LogP contribution in [0.1, 0.15) is 44.2 Å². The van der Waals surface area contributed by atoms with Gasteiger partial charge in [0.05, 0.1) is 0 Å². The van der Waals surface area contributed by atoms with Crippen molar-refractivity contribution >= 4 is 18.2 Å². The van der Waals surface area contributed by atoms with Crippen molar-refractivity contribution in [2.75, 3.05) is 0 Å². The lowest BCUT2D eigenvalue weighted by Crippen LogP contribution is -2.43. The van der Waals surface area contributed by atoms with Crippen molar-refractivity contribution < 1.29 is 9.48 Å². The highest BCUT2D eigenvalue weighted by molar-refractivity contribution is 5.87. The second-order valence-corrected chi connectivity index (χ2v) is 9.33. The molecular formula is C26H29N2O+. The number of hydrazone groups is 1. The van der Waals surface area contributed by atoms with Crippen LogP contribution in [0.4, 0.5) is 0 Å². The van der Waals surface area contributed by atoms with Crippen LogP contribution < -0.4 is 0 Å². The molecular weight excluding hydrogens is 356 g/mol. The van der Waals surface area contributed by atoms with Gasteiger partial charge in [-0.2, -0.15) is 0 Å². The van der Waals surface area contributed by atoms with Crippen molar-refractivity contribution in [3.63, 3.8) is 0 Å². The average molecular weight is 386 g/mol. The minimum atomic E-state index is -0.246. The van der Waals surface area contributed by atoms with Gasteiger partial charge in [0.15, 0.2) is 12.3 Å². The number of nitrogens with zero attached hydrogens (tertiary/aromatic N) is 2. The normalized spacial score (nSPS) is 31.2. The molecule has 0 aromatic heterocycles. The van der Waals surface area contributed by atoms with Gasteiger partial charge in [-0.3, -0.25) is 4.79 Å². The molecule has 3 heteroatoms. The Morgan fingerprint density at radius 2 is 1.76 bits per heavy atom. The fraction of sp³-hybridized carbons (Fsp3) is 0.385. The summed E-state index contributed by atoms with van der Waals surface area (Å²) in [7, 11) is 0. The van der Waals surface area contributed by atoms with E-state index in [2.05, 4.69) is 61.2 Å². The standard InChI is InChI=1S/C26H29N2O/c1-25(2)22-15-16-26(25)23(18-22)27(17-9-14-20-10-5-3-6-11-20)28(24(26)29)19-21-12-7-4-8-13-21/h3-14,17,22-23H,15-16,18-19H2,1-2H3/q+1/b14-9+,27-17+/t22-,23-,26+/m1/s1. The maximum absolute atomic E-state index is 13.9. The van der Waals surface area contributed by atoms with E-state index in [1.165, 1.54) is 17.5 Å². The van der Waals surface area contributed by atoms with Crippen LogP contribution in [0.25, 0.3) is 6.08 Å². The van der Waals surface area contributed by atoms with Crippen molar-refractivity contribution in [2.45, 2.75) is 45.7 Å². The van der Waals surface area contributed by atoms with Gasteiger partial charge in [0.1, 0.15) is 12.0 Å². The third kappa shape index (κ3) is 2.63. The van der Waals surface area contributed by atoms with Crippen LogP contribution in [-0.4, -0.2) is 27.9 Å². The van der Waals surface area contributed by atoms with E-state index in [0.29, 0.717) is 18.4 Å². The van der Waals surface area contributed by atoms with Crippen molar-refractivity contribution in [1.82, 2.24) is 5.01 Å². The van der Waals surface area contributed by atoms with Gasteiger partial charge in [-0.15, -0.1) is 9.69 Å². The van der Waals surface area contributed by atoms with Gasteiger partial charge in [0.25, 0.3) is 5.91 Å². The molecule has 29 heavy (non-hydrogen) atoms. The van der Waals surface area contributed by atoms with E-state index in [0.717, 1.165) is 12.8 Å². The van der Waals surface area contributed by atoms with Gasteiger partial charge in [0.2, 0.25) is 0 Å². The van der Waals surface area contributed by atoms with E-state index >= 15 is 0 Å². The van der Waals surface area contributed by atoms with Crippen LogP contribution in [0.15, 0.2) is 66.7 Å². The lowest BCUT2D eigenvalue weighted by atomic mass is 9.67. The Kier molecular flexibility index (Phi) is 4.23. The zero-order valence-electron chi connectivity index (χ0n) is 17.3. The van der Waals surface area contributed by atoms with Crippen LogP contribution >= 0.6 is 0 Å². The van der Waals surface area contributed by atoms with Crippen molar-refractivity contribution in [2.24, 2.45) is 16.7 Å². The van der Waals surface area contributed by atoms with Crippen molar-refractivity contribution in [3.8, 4) is 0 Å². The van der Waals surface area contributed by atoms with E-state index in [-0.39, 0.29) is 16.9 Å². The Bertz CT molecular complexity index is 976. The average Bonchev–Trinajstić information content (AvgIpc) is 3.24. The minimum absolute atomic E-state index is 0.0649. The number of rotatable bonds is 4. The number of amides is 1.